The van der Waals surface area contributed by atoms with E-state index in [0.29, 0.717) is 30.1 Å². The topological polar surface area (TPSA) is 67.6 Å². The molecule has 0 saturated heterocycles. The van der Waals surface area contributed by atoms with Crippen molar-refractivity contribution < 1.29 is 27.8 Å². The minimum atomic E-state index is -4.37. The lowest BCUT2D eigenvalue weighted by atomic mass is 10.0. The van der Waals surface area contributed by atoms with Gasteiger partial charge in [0.1, 0.15) is 5.75 Å². The Labute approximate surface area is 202 Å². The standard InChI is InChI=1S/C26H30F3N3O3/c1-16-13-18(7-12-22(16)35-25(3,4)24(33)34)14-31(5)15-21-17(2)23(30-32(21)6)19-8-10-20(11-9-19)26(27,28)29/h7-13H,14-15H2,1-6H3,(H,33,34). The Morgan fingerprint density at radius 3 is 2.26 bits per heavy atom. The van der Waals surface area contributed by atoms with Crippen LogP contribution in [0.3, 0.4) is 0 Å². The molecular formula is C26H30F3N3O3. The molecule has 1 aromatic heterocycles. The number of halogens is 3. The van der Waals surface area contributed by atoms with Gasteiger partial charge in [-0.15, -0.1) is 0 Å². The smallest absolute Gasteiger partial charge is 0.416 e. The summed E-state index contributed by atoms with van der Waals surface area (Å²) >= 11 is 0. The molecule has 9 heteroatoms. The number of aryl methyl sites for hydroxylation is 2. The summed E-state index contributed by atoms with van der Waals surface area (Å²) in [7, 11) is 3.79. The molecule has 2 aromatic carbocycles. The summed E-state index contributed by atoms with van der Waals surface area (Å²) in [5.41, 5.74) is 3.02. The number of benzene rings is 2. The van der Waals surface area contributed by atoms with Crippen LogP contribution in [-0.2, 0) is 31.1 Å². The van der Waals surface area contributed by atoms with Gasteiger partial charge in [-0.05, 0) is 69.6 Å². The first-order valence-electron chi connectivity index (χ1n) is 11.1. The Morgan fingerprint density at radius 2 is 1.71 bits per heavy atom. The van der Waals surface area contributed by atoms with E-state index in [9.17, 15) is 23.1 Å². The van der Waals surface area contributed by atoms with Crippen molar-refractivity contribution in [2.45, 2.75) is 52.6 Å². The normalized spacial score (nSPS) is 12.3. The van der Waals surface area contributed by atoms with Crippen LogP contribution in [-0.4, -0.2) is 38.4 Å². The highest BCUT2D eigenvalue weighted by molar-refractivity contribution is 5.76. The molecule has 0 aliphatic carbocycles. The van der Waals surface area contributed by atoms with E-state index < -0.39 is 23.3 Å². The summed E-state index contributed by atoms with van der Waals surface area (Å²) in [6.07, 6.45) is -4.37. The van der Waals surface area contributed by atoms with Crippen molar-refractivity contribution in [1.82, 2.24) is 14.7 Å². The number of carboxylic acids is 1. The van der Waals surface area contributed by atoms with Crippen molar-refractivity contribution in [2.24, 2.45) is 7.05 Å². The van der Waals surface area contributed by atoms with Crippen LogP contribution in [0.5, 0.6) is 5.75 Å². The molecule has 0 spiro atoms. The summed E-state index contributed by atoms with van der Waals surface area (Å²) in [5, 5.41) is 13.8. The number of nitrogens with zero attached hydrogens (tertiary/aromatic N) is 3. The lowest BCUT2D eigenvalue weighted by molar-refractivity contribution is -0.152. The zero-order chi connectivity index (χ0) is 26.1. The molecule has 6 nitrogen and oxygen atoms in total. The number of carbonyl (C=O) groups is 1. The van der Waals surface area contributed by atoms with E-state index in [1.807, 2.05) is 40.1 Å². The summed E-state index contributed by atoms with van der Waals surface area (Å²) < 4.78 is 46.1. The first-order chi connectivity index (χ1) is 16.2. The monoisotopic (exact) mass is 489 g/mol. The summed E-state index contributed by atoms with van der Waals surface area (Å²) in [6, 6.07) is 10.7. The van der Waals surface area contributed by atoms with Crippen LogP contribution < -0.4 is 4.74 Å². The van der Waals surface area contributed by atoms with E-state index in [1.165, 1.54) is 26.0 Å². The zero-order valence-electron chi connectivity index (χ0n) is 20.7. The van der Waals surface area contributed by atoms with Crippen LogP contribution in [0.1, 0.15) is 41.8 Å². The van der Waals surface area contributed by atoms with Gasteiger partial charge in [-0.3, -0.25) is 9.58 Å². The third-order valence-corrected chi connectivity index (χ3v) is 5.91. The van der Waals surface area contributed by atoms with Gasteiger partial charge < -0.3 is 9.84 Å². The Balaban J connectivity index is 1.73. The van der Waals surface area contributed by atoms with Crippen molar-refractivity contribution in [3.05, 3.63) is 70.4 Å². The van der Waals surface area contributed by atoms with Gasteiger partial charge in [0, 0.05) is 25.7 Å². The van der Waals surface area contributed by atoms with Gasteiger partial charge in [-0.25, -0.2) is 4.79 Å². The van der Waals surface area contributed by atoms with Gasteiger partial charge in [0.05, 0.1) is 17.0 Å². The van der Waals surface area contributed by atoms with Crippen molar-refractivity contribution in [3.8, 4) is 17.0 Å². The first kappa shape index (κ1) is 26.3. The molecule has 0 aliphatic heterocycles. The quantitative estimate of drug-likeness (QED) is 0.446. The number of rotatable bonds is 8. The van der Waals surface area contributed by atoms with Gasteiger partial charge >= 0.3 is 12.1 Å². The highest BCUT2D eigenvalue weighted by atomic mass is 19.4. The van der Waals surface area contributed by atoms with Crippen molar-refractivity contribution in [2.75, 3.05) is 7.05 Å². The maximum absolute atomic E-state index is 12.9. The van der Waals surface area contributed by atoms with Gasteiger partial charge in [0.2, 0.25) is 0 Å². The third kappa shape index (κ3) is 6.03. The van der Waals surface area contributed by atoms with E-state index in [0.717, 1.165) is 34.5 Å². The second-order valence-electron chi connectivity index (χ2n) is 9.31. The Bertz CT molecular complexity index is 1220. The third-order valence-electron chi connectivity index (χ3n) is 5.91. The summed E-state index contributed by atoms with van der Waals surface area (Å²) in [6.45, 7) is 8.02. The fourth-order valence-corrected chi connectivity index (χ4v) is 3.84. The van der Waals surface area contributed by atoms with Crippen LogP contribution in [0.4, 0.5) is 13.2 Å². The highest BCUT2D eigenvalue weighted by Crippen LogP contribution is 2.32. The Morgan fingerprint density at radius 1 is 1.09 bits per heavy atom. The number of ether oxygens (including phenoxy) is 1. The van der Waals surface area contributed by atoms with Gasteiger partial charge in [0.15, 0.2) is 5.60 Å². The largest absolute Gasteiger partial charge is 0.478 e. The molecule has 3 rings (SSSR count). The summed E-state index contributed by atoms with van der Waals surface area (Å²) in [4.78, 5) is 13.4. The number of aromatic nitrogens is 2. The molecule has 0 unspecified atom stereocenters. The summed E-state index contributed by atoms with van der Waals surface area (Å²) in [5.74, 6) is -0.518. The van der Waals surface area contributed by atoms with E-state index >= 15 is 0 Å². The van der Waals surface area contributed by atoms with Gasteiger partial charge in [0.25, 0.3) is 0 Å². The SMILES string of the molecule is Cc1cc(CN(C)Cc2c(C)c(-c3ccc(C(F)(F)F)cc3)nn2C)ccc1OC(C)(C)C(=O)O. The average molecular weight is 490 g/mol. The number of alkyl halides is 3. The molecule has 188 valence electrons. The zero-order valence-corrected chi connectivity index (χ0v) is 20.7. The number of hydrogen-bond acceptors (Lipinski definition) is 4. The fourth-order valence-electron chi connectivity index (χ4n) is 3.84. The molecule has 0 fully saturated rings. The number of aliphatic carboxylic acids is 1. The van der Waals surface area contributed by atoms with Crippen LogP contribution in [0.25, 0.3) is 11.3 Å². The second-order valence-corrected chi connectivity index (χ2v) is 9.31. The van der Waals surface area contributed by atoms with E-state index in [1.54, 1.807) is 10.7 Å². The van der Waals surface area contributed by atoms with Gasteiger partial charge in [-0.1, -0.05) is 24.3 Å². The first-order valence-corrected chi connectivity index (χ1v) is 11.1. The van der Waals surface area contributed by atoms with E-state index in [-0.39, 0.29) is 0 Å². The molecule has 0 bridgehead atoms. The second kappa shape index (κ2) is 9.73. The predicted molar refractivity (Wildman–Crippen MR) is 127 cm³/mol. The molecule has 0 amide bonds. The van der Waals surface area contributed by atoms with Crippen LogP contribution >= 0.6 is 0 Å². The number of carboxylic acid groups (broad SMARTS) is 1. The molecule has 0 atom stereocenters. The Kier molecular flexibility index (Phi) is 7.31. The van der Waals surface area contributed by atoms with Gasteiger partial charge in [-0.2, -0.15) is 18.3 Å². The maximum atomic E-state index is 12.9. The lowest BCUT2D eigenvalue weighted by Gasteiger charge is -2.23. The van der Waals surface area contributed by atoms with E-state index in [2.05, 4.69) is 10.00 Å². The van der Waals surface area contributed by atoms with Crippen molar-refractivity contribution in [1.29, 1.82) is 0 Å². The maximum Gasteiger partial charge on any atom is 0.416 e. The predicted octanol–water partition coefficient (Wildman–Crippen LogP) is 5.60. The molecule has 0 saturated carbocycles. The van der Waals surface area contributed by atoms with Crippen LogP contribution in [0.2, 0.25) is 0 Å². The minimum Gasteiger partial charge on any atom is -0.478 e. The minimum absolute atomic E-state index is 0.521. The highest BCUT2D eigenvalue weighted by Gasteiger charge is 2.31. The van der Waals surface area contributed by atoms with E-state index in [4.69, 9.17) is 4.74 Å². The van der Waals surface area contributed by atoms with Crippen molar-refractivity contribution >= 4 is 5.97 Å². The fraction of sp³-hybridized carbons (Fsp3) is 0.385. The molecule has 0 radical (unpaired) electrons. The molecular weight excluding hydrogens is 459 g/mol. The molecule has 3 aromatic rings. The number of hydrogen-bond donors (Lipinski definition) is 1. The molecule has 0 aliphatic rings. The molecule has 1 N–H and O–H groups in total. The molecule has 35 heavy (non-hydrogen) atoms. The van der Waals surface area contributed by atoms with Crippen LogP contribution in [0.15, 0.2) is 42.5 Å². The Hall–Kier alpha value is -3.33. The molecule has 1 heterocycles. The van der Waals surface area contributed by atoms with Crippen LogP contribution in [0, 0.1) is 13.8 Å². The van der Waals surface area contributed by atoms with Crippen molar-refractivity contribution in [3.63, 3.8) is 0 Å². The lowest BCUT2D eigenvalue weighted by Crippen LogP contribution is -2.38. The average Bonchev–Trinajstić information content (AvgIpc) is 3.03.